The second kappa shape index (κ2) is 4.35. The van der Waals surface area contributed by atoms with Crippen LogP contribution in [0.5, 0.6) is 0 Å². The van der Waals surface area contributed by atoms with Gasteiger partial charge in [0, 0.05) is 12.6 Å². The van der Waals surface area contributed by atoms with Gasteiger partial charge in [-0.3, -0.25) is 0 Å². The quantitative estimate of drug-likeness (QED) is 0.775. The van der Waals surface area contributed by atoms with Crippen molar-refractivity contribution in [1.29, 1.82) is 0 Å². The molecule has 1 saturated heterocycles. The van der Waals surface area contributed by atoms with E-state index in [1.165, 1.54) is 6.42 Å². The molecule has 0 N–H and O–H groups in total. The van der Waals surface area contributed by atoms with Gasteiger partial charge in [0.2, 0.25) is 0 Å². The molecular weight excluding hydrogens is 210 g/mol. The highest BCUT2D eigenvalue weighted by Gasteiger charge is 2.30. The highest BCUT2D eigenvalue weighted by atomic mass is 35.5. The van der Waals surface area contributed by atoms with Crippen LogP contribution in [0.2, 0.25) is 5.15 Å². The Morgan fingerprint density at radius 2 is 2.27 bits per heavy atom. The van der Waals surface area contributed by atoms with E-state index in [0.717, 1.165) is 24.7 Å². The average Bonchev–Trinajstić information content (AvgIpc) is 2.61. The maximum Gasteiger partial charge on any atom is 0.151 e. The van der Waals surface area contributed by atoms with Gasteiger partial charge in [0.25, 0.3) is 0 Å². The molecule has 1 aromatic heterocycles. The predicted octanol–water partition coefficient (Wildman–Crippen LogP) is 2.75. The second-order valence-electron chi connectivity index (χ2n) is 4.15. The van der Waals surface area contributed by atoms with Crippen molar-refractivity contribution >= 4 is 17.4 Å². The first-order chi connectivity index (χ1) is 7.22. The van der Waals surface area contributed by atoms with Crippen molar-refractivity contribution in [2.45, 2.75) is 32.7 Å². The van der Waals surface area contributed by atoms with Crippen LogP contribution in [0, 0.1) is 5.92 Å². The summed E-state index contributed by atoms with van der Waals surface area (Å²) in [6, 6.07) is 4.36. The molecule has 0 bridgehead atoms. The zero-order valence-electron chi connectivity index (χ0n) is 9.15. The molecule has 0 amide bonds. The zero-order valence-corrected chi connectivity index (χ0v) is 9.91. The molecule has 2 rings (SSSR count). The first-order valence-electron chi connectivity index (χ1n) is 5.48. The Labute approximate surface area is 95.5 Å². The van der Waals surface area contributed by atoms with Crippen LogP contribution in [0.3, 0.4) is 0 Å². The lowest BCUT2D eigenvalue weighted by Gasteiger charge is -2.26. The van der Waals surface area contributed by atoms with Crippen molar-refractivity contribution in [3.63, 3.8) is 0 Å². The van der Waals surface area contributed by atoms with Crippen LogP contribution in [-0.2, 0) is 0 Å². The van der Waals surface area contributed by atoms with E-state index in [1.807, 2.05) is 6.07 Å². The number of anilines is 1. The molecule has 0 spiro atoms. The Morgan fingerprint density at radius 1 is 1.47 bits per heavy atom. The van der Waals surface area contributed by atoms with Crippen LogP contribution in [-0.4, -0.2) is 22.8 Å². The monoisotopic (exact) mass is 225 g/mol. The molecule has 2 unspecified atom stereocenters. The fourth-order valence-electron chi connectivity index (χ4n) is 2.38. The lowest BCUT2D eigenvalue weighted by Crippen LogP contribution is -2.32. The number of rotatable bonds is 2. The van der Waals surface area contributed by atoms with Crippen molar-refractivity contribution in [2.75, 3.05) is 11.4 Å². The van der Waals surface area contributed by atoms with Gasteiger partial charge in [-0.15, -0.1) is 10.2 Å². The van der Waals surface area contributed by atoms with Crippen molar-refractivity contribution in [3.8, 4) is 0 Å². The molecule has 3 nitrogen and oxygen atoms in total. The van der Waals surface area contributed by atoms with Gasteiger partial charge in [-0.2, -0.15) is 0 Å². The minimum Gasteiger partial charge on any atom is -0.352 e. The molecule has 4 heteroatoms. The molecule has 1 aliphatic rings. The summed E-state index contributed by atoms with van der Waals surface area (Å²) in [5.74, 6) is 1.70. The van der Waals surface area contributed by atoms with Crippen LogP contribution < -0.4 is 4.90 Å². The molecule has 82 valence electrons. The van der Waals surface area contributed by atoms with Gasteiger partial charge < -0.3 is 4.90 Å². The van der Waals surface area contributed by atoms with Crippen LogP contribution in [0.25, 0.3) is 0 Å². The van der Waals surface area contributed by atoms with E-state index in [2.05, 4.69) is 28.9 Å². The standard InChI is InChI=1S/C11H16ClN3/c1-3-9-8(2)6-7-15(9)11-5-4-10(12)13-14-11/h4-5,8-9H,3,6-7H2,1-2H3. The molecule has 0 aromatic carbocycles. The van der Waals surface area contributed by atoms with E-state index in [4.69, 9.17) is 11.6 Å². The van der Waals surface area contributed by atoms with Gasteiger partial charge in [-0.25, -0.2) is 0 Å². The lowest BCUT2D eigenvalue weighted by atomic mass is 10.0. The summed E-state index contributed by atoms with van der Waals surface area (Å²) in [5.41, 5.74) is 0. The summed E-state index contributed by atoms with van der Waals surface area (Å²) in [6.07, 6.45) is 2.40. The Kier molecular flexibility index (Phi) is 3.10. The maximum absolute atomic E-state index is 5.73. The molecule has 0 saturated carbocycles. The first-order valence-corrected chi connectivity index (χ1v) is 5.86. The Bertz CT molecular complexity index is 325. The SMILES string of the molecule is CCC1C(C)CCN1c1ccc(Cl)nn1. The van der Waals surface area contributed by atoms with Crippen LogP contribution in [0.15, 0.2) is 12.1 Å². The first kappa shape index (κ1) is 10.7. The Balaban J connectivity index is 2.20. The third kappa shape index (κ3) is 2.07. The highest BCUT2D eigenvalue weighted by molar-refractivity contribution is 6.29. The Hall–Kier alpha value is -0.830. The van der Waals surface area contributed by atoms with E-state index in [9.17, 15) is 0 Å². The van der Waals surface area contributed by atoms with Crippen molar-refractivity contribution < 1.29 is 0 Å². The zero-order chi connectivity index (χ0) is 10.8. The van der Waals surface area contributed by atoms with Gasteiger partial charge in [-0.1, -0.05) is 25.4 Å². The molecule has 1 aliphatic heterocycles. The van der Waals surface area contributed by atoms with Crippen molar-refractivity contribution in [1.82, 2.24) is 10.2 Å². The second-order valence-corrected chi connectivity index (χ2v) is 4.54. The molecule has 0 aliphatic carbocycles. The number of hydrogen-bond acceptors (Lipinski definition) is 3. The normalized spacial score (nSPS) is 25.9. The van der Waals surface area contributed by atoms with E-state index in [0.29, 0.717) is 11.2 Å². The van der Waals surface area contributed by atoms with Gasteiger partial charge in [0.05, 0.1) is 0 Å². The summed E-state index contributed by atoms with van der Waals surface area (Å²) in [4.78, 5) is 2.34. The van der Waals surface area contributed by atoms with Gasteiger partial charge in [0.15, 0.2) is 11.0 Å². The van der Waals surface area contributed by atoms with Gasteiger partial charge in [0.1, 0.15) is 0 Å². The lowest BCUT2D eigenvalue weighted by molar-refractivity contribution is 0.497. The number of halogens is 1. The van der Waals surface area contributed by atoms with E-state index in [1.54, 1.807) is 6.07 Å². The Morgan fingerprint density at radius 3 is 2.87 bits per heavy atom. The van der Waals surface area contributed by atoms with E-state index >= 15 is 0 Å². The summed E-state index contributed by atoms with van der Waals surface area (Å²) in [7, 11) is 0. The summed E-state index contributed by atoms with van der Waals surface area (Å²) >= 11 is 5.73. The summed E-state index contributed by atoms with van der Waals surface area (Å²) in [5, 5.41) is 8.49. The fourth-order valence-corrected chi connectivity index (χ4v) is 2.48. The van der Waals surface area contributed by atoms with Crippen LogP contribution >= 0.6 is 11.6 Å². The van der Waals surface area contributed by atoms with Gasteiger partial charge >= 0.3 is 0 Å². The molecule has 15 heavy (non-hydrogen) atoms. The molecule has 1 fully saturated rings. The number of hydrogen-bond donors (Lipinski definition) is 0. The molecule has 0 radical (unpaired) electrons. The van der Waals surface area contributed by atoms with Crippen molar-refractivity contribution in [2.24, 2.45) is 5.92 Å². The largest absolute Gasteiger partial charge is 0.352 e. The van der Waals surface area contributed by atoms with E-state index < -0.39 is 0 Å². The van der Waals surface area contributed by atoms with Gasteiger partial charge in [-0.05, 0) is 30.9 Å². The topological polar surface area (TPSA) is 29.0 Å². The molecular formula is C11H16ClN3. The van der Waals surface area contributed by atoms with Crippen LogP contribution in [0.4, 0.5) is 5.82 Å². The molecule has 1 aromatic rings. The third-order valence-electron chi connectivity index (χ3n) is 3.21. The number of nitrogens with zero attached hydrogens (tertiary/aromatic N) is 3. The molecule has 2 heterocycles. The smallest absolute Gasteiger partial charge is 0.151 e. The predicted molar refractivity (Wildman–Crippen MR) is 62.2 cm³/mol. The minimum absolute atomic E-state index is 0.457. The van der Waals surface area contributed by atoms with Crippen molar-refractivity contribution in [3.05, 3.63) is 17.3 Å². The summed E-state index contributed by atoms with van der Waals surface area (Å²) in [6.45, 7) is 5.61. The number of aromatic nitrogens is 2. The third-order valence-corrected chi connectivity index (χ3v) is 3.41. The minimum atomic E-state index is 0.457. The average molecular weight is 226 g/mol. The summed E-state index contributed by atoms with van der Waals surface area (Å²) < 4.78 is 0. The van der Waals surface area contributed by atoms with E-state index in [-0.39, 0.29) is 0 Å². The maximum atomic E-state index is 5.73. The fraction of sp³-hybridized carbons (Fsp3) is 0.636. The molecule has 2 atom stereocenters. The highest BCUT2D eigenvalue weighted by Crippen LogP contribution is 2.29. The van der Waals surface area contributed by atoms with Crippen LogP contribution in [0.1, 0.15) is 26.7 Å².